The van der Waals surface area contributed by atoms with Gasteiger partial charge >= 0.3 is 5.97 Å². The second kappa shape index (κ2) is 23.6. The van der Waals surface area contributed by atoms with Crippen molar-refractivity contribution in [2.45, 2.75) is 218 Å². The molecule has 7 heterocycles. The summed E-state index contributed by atoms with van der Waals surface area (Å²) in [7, 11) is 7.69. The molecule has 424 valence electrons. The van der Waals surface area contributed by atoms with E-state index < -0.39 is 95.8 Å². The lowest BCUT2D eigenvalue weighted by atomic mass is 9.59. The number of hydrazine groups is 2. The van der Waals surface area contributed by atoms with Crippen molar-refractivity contribution in [3.05, 3.63) is 53.6 Å². The van der Waals surface area contributed by atoms with Gasteiger partial charge in [-0.15, -0.1) is 10.6 Å². The summed E-state index contributed by atoms with van der Waals surface area (Å²) in [6, 6.07) is 6.73. The minimum absolute atomic E-state index is 0.0352. The van der Waals surface area contributed by atoms with Crippen LogP contribution in [0, 0.1) is 23.2 Å². The molecule has 4 N–H and O–H groups in total. The molecule has 1 aromatic heterocycles. The molecule has 0 radical (unpaired) electrons. The van der Waals surface area contributed by atoms with E-state index in [9.17, 15) is 15.3 Å². The van der Waals surface area contributed by atoms with E-state index in [0.29, 0.717) is 50.9 Å². The van der Waals surface area contributed by atoms with Crippen molar-refractivity contribution in [1.82, 2.24) is 40.3 Å². The number of likely N-dealkylation sites (N-methyl/N-ethyl adjacent to an activating group) is 1. The largest absolute Gasteiger partial charge is 0.459 e. The number of esters is 1. The monoisotopic (exact) mass is 1060 g/mol. The summed E-state index contributed by atoms with van der Waals surface area (Å²) in [6.45, 7) is 24.0. The summed E-state index contributed by atoms with van der Waals surface area (Å²) in [5.41, 5.74) is 1.31. The fourth-order valence-corrected chi connectivity index (χ4v) is 13.3. The van der Waals surface area contributed by atoms with Crippen LogP contribution in [0.2, 0.25) is 0 Å². The van der Waals surface area contributed by atoms with Gasteiger partial charge < -0.3 is 53.5 Å². The van der Waals surface area contributed by atoms with Crippen LogP contribution in [0.25, 0.3) is 5.69 Å². The van der Waals surface area contributed by atoms with E-state index in [1.165, 1.54) is 0 Å². The summed E-state index contributed by atoms with van der Waals surface area (Å²) < 4.78 is 57.9. The molecule has 0 amide bonds. The molecule has 6 aliphatic heterocycles. The maximum Gasteiger partial charge on any atom is 0.309 e. The Morgan fingerprint density at radius 3 is 2.25 bits per heavy atom. The first kappa shape index (κ1) is 59.3. The van der Waals surface area contributed by atoms with Crippen molar-refractivity contribution in [2.24, 2.45) is 23.2 Å². The minimum atomic E-state index is -1.81. The van der Waals surface area contributed by atoms with Crippen molar-refractivity contribution in [1.29, 1.82) is 0 Å². The van der Waals surface area contributed by atoms with Crippen LogP contribution in [0.3, 0.4) is 0 Å². The number of alkyl halides is 1. The van der Waals surface area contributed by atoms with Gasteiger partial charge in [-0.1, -0.05) is 58.9 Å². The predicted octanol–water partition coefficient (Wildman–Crippen LogP) is 6.64. The van der Waals surface area contributed by atoms with E-state index in [-0.39, 0.29) is 42.2 Å². The fraction of sp³-hybridized carbons (Fsp3) is 0.804. The maximum absolute atomic E-state index is 15.2. The van der Waals surface area contributed by atoms with Crippen LogP contribution >= 0.6 is 0 Å². The SMILES string of the molecule is CC[C@H]1OC(=O)[C@H](C)[C@](C)(C2C[C@@](C)(OC)C[C@H](C)O2)[C@H](C)[C@H]2O[C@H]3C[C@H](C[C@@H](C)O3)N(C)CCC3=CN(NN3C)[C@H](CF)[C@H](C)c3ccc(cc3)-n3cc(nn3)C(O)O[C@]2(C)C[C@@H](C)CN(C)[C@H](C)[C@@H](O)[C@]1(C)O. The highest BCUT2D eigenvalue weighted by atomic mass is 19.1. The Hall–Kier alpha value is -3.34. The van der Waals surface area contributed by atoms with Gasteiger partial charge in [-0.05, 0) is 104 Å². The molecule has 19 atom stereocenters. The first-order valence-corrected chi connectivity index (χ1v) is 27.6. The summed E-state index contributed by atoms with van der Waals surface area (Å²) in [4.78, 5) is 19.5. The molecule has 75 heavy (non-hydrogen) atoms. The van der Waals surface area contributed by atoms with Crippen LogP contribution in [0.4, 0.5) is 4.39 Å². The number of carbonyl (C=O) groups excluding carboxylic acids is 1. The minimum Gasteiger partial charge on any atom is -0.459 e. The normalized spacial score (nSPS) is 42.8. The van der Waals surface area contributed by atoms with Crippen LogP contribution in [0.5, 0.6) is 0 Å². The van der Waals surface area contributed by atoms with E-state index in [1.54, 1.807) is 24.9 Å². The maximum atomic E-state index is 15.2. The average molecular weight is 1060 g/mol. The topological polar surface area (TPSA) is 189 Å². The third-order valence-electron chi connectivity index (χ3n) is 18.6. The number of halogens is 1. The number of nitrogens with one attached hydrogen (secondary N) is 1. The van der Waals surface area contributed by atoms with Gasteiger partial charge in [0, 0.05) is 88.2 Å². The zero-order chi connectivity index (χ0) is 55.1. The quantitative estimate of drug-likeness (QED) is 0.238. The Morgan fingerprint density at radius 1 is 0.907 bits per heavy atom. The highest BCUT2D eigenvalue weighted by Crippen LogP contribution is 2.53. The van der Waals surface area contributed by atoms with E-state index in [2.05, 4.69) is 62.4 Å². The van der Waals surface area contributed by atoms with Gasteiger partial charge in [0.2, 0.25) is 6.29 Å². The molecule has 3 fully saturated rings. The molecule has 19 heteroatoms. The van der Waals surface area contributed by atoms with E-state index in [1.807, 2.05) is 101 Å². The van der Waals surface area contributed by atoms with E-state index in [4.69, 9.17) is 28.4 Å². The Bertz CT molecular complexity index is 2240. The van der Waals surface area contributed by atoms with Crippen molar-refractivity contribution in [2.75, 3.05) is 48.0 Å². The Labute approximate surface area is 446 Å². The van der Waals surface area contributed by atoms with Crippen LogP contribution in [-0.4, -0.2) is 182 Å². The predicted molar refractivity (Wildman–Crippen MR) is 282 cm³/mol. The molecule has 2 aromatic rings. The van der Waals surface area contributed by atoms with E-state index >= 15 is 9.18 Å². The van der Waals surface area contributed by atoms with Crippen molar-refractivity contribution in [3.8, 4) is 5.69 Å². The molecule has 8 rings (SSSR count). The average Bonchev–Trinajstić information content (AvgIpc) is 4.01. The van der Waals surface area contributed by atoms with Crippen molar-refractivity contribution >= 4 is 5.97 Å². The highest BCUT2D eigenvalue weighted by Gasteiger charge is 2.59. The number of ether oxygens (including phenoxy) is 6. The van der Waals surface area contributed by atoms with Gasteiger partial charge in [0.05, 0.1) is 59.5 Å². The molecule has 0 saturated carbocycles. The van der Waals surface area contributed by atoms with Gasteiger partial charge in [-0.2, -0.15) is 0 Å². The number of benzene rings is 1. The molecular weight excluding hydrogens is 964 g/mol. The van der Waals surface area contributed by atoms with Gasteiger partial charge in [0.25, 0.3) is 0 Å². The standard InChI is InChI=1S/C56H93FN8O10/c1-17-46-56(12,69)49(66)39(8)62(14)30-33(2)26-54(10)50(37(6)55(11,38(7)51(67)73-46)47-28-53(9,70-16)27-35(4)71-47)74-48-25-43(24-34(3)72-48)61(13)23-22-42-31-65(60-63(42)15)45(29-57)36(5)40-18-20-41(21-19-40)64-32-44(58-59-64)52(68)75-54/h18-21,31-39,43,45-50,52,60,66,68-69H,17,22-30H2,1-16H3/t33-,34-,35+,36-,37-,38+,39-,43+,45-,46-,47?,48+,49-,50-,52?,53+,54-,55-,56-/m1/s1. The summed E-state index contributed by atoms with van der Waals surface area (Å²) in [5.74, 6) is -2.41. The third kappa shape index (κ3) is 12.4. The number of fused-ring (bicyclic) bond motifs is 6. The number of cyclic esters (lactones) is 1. The Balaban J connectivity index is 1.40. The first-order chi connectivity index (χ1) is 35.2. The zero-order valence-electron chi connectivity index (χ0n) is 47.9. The smallest absolute Gasteiger partial charge is 0.309 e. The van der Waals surface area contributed by atoms with E-state index in [0.717, 1.165) is 17.7 Å². The molecule has 6 aliphatic rings. The number of aromatic nitrogens is 3. The van der Waals surface area contributed by atoms with Crippen molar-refractivity contribution < 1.29 is 52.9 Å². The summed E-state index contributed by atoms with van der Waals surface area (Å²) in [5, 5.41) is 49.5. The van der Waals surface area contributed by atoms with Crippen LogP contribution in [-0.2, 0) is 33.2 Å². The first-order valence-electron chi connectivity index (χ1n) is 27.6. The number of carbonyl (C=O) groups is 1. The fourth-order valence-electron chi connectivity index (χ4n) is 13.3. The molecule has 8 bridgehead atoms. The molecular formula is C56H93FN8O10. The van der Waals surface area contributed by atoms with Crippen LogP contribution in [0.1, 0.15) is 151 Å². The highest BCUT2D eigenvalue weighted by molar-refractivity contribution is 5.73. The lowest BCUT2D eigenvalue weighted by Crippen LogP contribution is -2.62. The number of aliphatic hydroxyl groups excluding tert-OH is 2. The summed E-state index contributed by atoms with van der Waals surface area (Å²) >= 11 is 0. The molecule has 18 nitrogen and oxygen atoms in total. The number of aliphatic hydroxyl groups is 3. The second-order valence-electron chi connectivity index (χ2n) is 24.3. The van der Waals surface area contributed by atoms with Gasteiger partial charge in [0.1, 0.15) is 30.2 Å². The number of hydrogen-bond donors (Lipinski definition) is 4. The zero-order valence-corrected chi connectivity index (χ0v) is 47.9. The second-order valence-corrected chi connectivity index (χ2v) is 24.3. The number of nitrogens with zero attached hydrogens (tertiary/aromatic N) is 7. The Morgan fingerprint density at radius 2 is 1.60 bits per heavy atom. The number of rotatable bonds is 4. The summed E-state index contributed by atoms with van der Waals surface area (Å²) in [6.07, 6.45) is 0.574. The third-order valence-corrected chi connectivity index (χ3v) is 18.6. The lowest BCUT2D eigenvalue weighted by molar-refractivity contribution is -0.308. The molecule has 2 unspecified atom stereocenters. The lowest BCUT2D eigenvalue weighted by Gasteiger charge is -2.56. The van der Waals surface area contributed by atoms with Crippen LogP contribution in [0.15, 0.2) is 42.4 Å². The van der Waals surface area contributed by atoms with Crippen LogP contribution < -0.4 is 5.53 Å². The van der Waals surface area contributed by atoms with Crippen molar-refractivity contribution in [3.63, 3.8) is 0 Å². The number of methoxy groups -OCH3 is 1. The molecule has 0 aliphatic carbocycles. The molecule has 1 aromatic carbocycles. The number of hydrogen-bond acceptors (Lipinski definition) is 17. The van der Waals surface area contributed by atoms with Gasteiger partial charge in [-0.25, -0.2) is 9.07 Å². The van der Waals surface area contributed by atoms with Gasteiger partial charge in [-0.3, -0.25) is 14.8 Å². The Kier molecular flexibility index (Phi) is 18.6. The molecule has 3 saturated heterocycles. The van der Waals surface area contributed by atoms with Gasteiger partial charge in [0.15, 0.2) is 6.29 Å². The molecule has 0 spiro atoms.